The predicted molar refractivity (Wildman–Crippen MR) is 127 cm³/mol. The molecule has 3 rings (SSSR count). The first kappa shape index (κ1) is 21.8. The fourth-order valence-electron chi connectivity index (χ4n) is 2.98. The molecule has 30 heavy (non-hydrogen) atoms. The average molecular weight is 488 g/mol. The number of rotatable bonds is 6. The van der Waals surface area contributed by atoms with E-state index in [4.69, 9.17) is 22.4 Å². The van der Waals surface area contributed by atoms with E-state index in [9.17, 15) is 4.79 Å². The molecule has 0 bridgehead atoms. The van der Waals surface area contributed by atoms with Crippen molar-refractivity contribution in [3.8, 4) is 0 Å². The van der Waals surface area contributed by atoms with Crippen LogP contribution in [0, 0.1) is 0 Å². The minimum Gasteiger partial charge on any atom is -0.436 e. The quantitative estimate of drug-likeness (QED) is 0.359. The highest BCUT2D eigenvalue weighted by atomic mass is 79.9. The zero-order valence-corrected chi connectivity index (χ0v) is 19.0. The van der Waals surface area contributed by atoms with Gasteiger partial charge in [-0.1, -0.05) is 15.9 Å². The molecule has 0 saturated carbocycles. The number of benzene rings is 2. The summed E-state index contributed by atoms with van der Waals surface area (Å²) in [6, 6.07) is 14.9. The van der Waals surface area contributed by atoms with Crippen molar-refractivity contribution in [2.24, 2.45) is 10.8 Å². The Morgan fingerprint density at radius 3 is 2.50 bits per heavy atom. The lowest BCUT2D eigenvalue weighted by Crippen LogP contribution is -2.29. The van der Waals surface area contributed by atoms with Crippen LogP contribution >= 0.6 is 28.1 Å². The Bertz CT molecular complexity index is 1140. The fraction of sp³-hybridized carbons (Fsp3) is 0.190. The third-order valence-electron chi connectivity index (χ3n) is 4.48. The van der Waals surface area contributed by atoms with Crippen LogP contribution in [-0.2, 0) is 0 Å². The van der Waals surface area contributed by atoms with Crippen LogP contribution in [0.2, 0.25) is 0 Å². The second kappa shape index (κ2) is 9.73. The number of fused-ring (bicyclic) bond motifs is 1. The molecule has 156 valence electrons. The highest BCUT2D eigenvalue weighted by Gasteiger charge is 2.14. The van der Waals surface area contributed by atoms with Gasteiger partial charge in [-0.2, -0.15) is 0 Å². The summed E-state index contributed by atoms with van der Waals surface area (Å²) in [6.45, 7) is 5.92. The molecular formula is C21H22BrN5O2S. The van der Waals surface area contributed by atoms with Crippen LogP contribution < -0.4 is 26.9 Å². The molecule has 0 fully saturated rings. The molecule has 7 nitrogen and oxygen atoms in total. The first-order valence-corrected chi connectivity index (χ1v) is 10.6. The van der Waals surface area contributed by atoms with Gasteiger partial charge in [-0.3, -0.25) is 10.2 Å². The summed E-state index contributed by atoms with van der Waals surface area (Å²) in [6.07, 6.45) is 0. The number of amides is 1. The number of hydrogen-bond donors (Lipinski definition) is 3. The molecule has 3 aromatic rings. The summed E-state index contributed by atoms with van der Waals surface area (Å²) in [5, 5.41) is 7.68. The molecule has 0 aliphatic rings. The lowest BCUT2D eigenvalue weighted by molar-refractivity contribution is 0.102. The predicted octanol–water partition coefficient (Wildman–Crippen LogP) is 3.94. The third-order valence-corrected chi connectivity index (χ3v) is 5.10. The lowest BCUT2D eigenvalue weighted by Gasteiger charge is -2.21. The minimum atomic E-state index is -0.362. The number of halogens is 1. The normalized spacial score (nSPS) is 11.4. The van der Waals surface area contributed by atoms with Gasteiger partial charge in [0.1, 0.15) is 11.1 Å². The number of nitrogens with one attached hydrogen (secondary N) is 2. The van der Waals surface area contributed by atoms with Crippen molar-refractivity contribution in [1.82, 2.24) is 5.43 Å². The van der Waals surface area contributed by atoms with E-state index in [0.717, 1.165) is 28.6 Å². The van der Waals surface area contributed by atoms with Crippen LogP contribution in [0.25, 0.3) is 11.0 Å². The van der Waals surface area contributed by atoms with Crippen LogP contribution in [0.3, 0.4) is 0 Å². The molecule has 1 amide bonds. The number of anilines is 2. The molecule has 4 N–H and O–H groups in total. The molecule has 0 atom stereocenters. The smallest absolute Gasteiger partial charge is 0.261 e. The summed E-state index contributed by atoms with van der Waals surface area (Å²) in [4.78, 5) is 15.1. The maximum atomic E-state index is 12.9. The van der Waals surface area contributed by atoms with Crippen molar-refractivity contribution < 1.29 is 9.21 Å². The Hall–Kier alpha value is -2.91. The van der Waals surface area contributed by atoms with Crippen LogP contribution in [0.4, 0.5) is 11.4 Å². The first-order chi connectivity index (χ1) is 14.4. The number of nitrogens with two attached hydrogens (primary N) is 1. The maximum Gasteiger partial charge on any atom is 0.261 e. The standard InChI is InChI=1S/C21H22BrN5O2S/c1-3-27(4-2)16-10-5-13-11-17(19(28)24-15-8-6-14(22)7-9-15)20(25-26-21(23)30)29-18(13)12-16/h5-12H,3-4H2,1-2H3,(H,24,28)(H3,23,26,30). The van der Waals surface area contributed by atoms with Gasteiger partial charge in [0.2, 0.25) is 5.55 Å². The van der Waals surface area contributed by atoms with Gasteiger partial charge >= 0.3 is 0 Å². The second-order valence-corrected chi connectivity index (χ2v) is 7.76. The van der Waals surface area contributed by atoms with Gasteiger partial charge in [-0.15, -0.1) is 5.10 Å². The number of hydrogen-bond acceptors (Lipinski definition) is 5. The number of carbonyl (C=O) groups excluding carboxylic acids is 1. The van der Waals surface area contributed by atoms with Crippen molar-refractivity contribution in [3.05, 3.63) is 64.1 Å². The second-order valence-electron chi connectivity index (χ2n) is 6.41. The van der Waals surface area contributed by atoms with Crippen molar-refractivity contribution in [3.63, 3.8) is 0 Å². The molecular weight excluding hydrogens is 466 g/mol. The van der Waals surface area contributed by atoms with E-state index < -0.39 is 0 Å². The van der Waals surface area contributed by atoms with Crippen LogP contribution in [0.5, 0.6) is 0 Å². The average Bonchev–Trinajstić information content (AvgIpc) is 2.74. The molecule has 9 heteroatoms. The van der Waals surface area contributed by atoms with E-state index in [0.29, 0.717) is 11.3 Å². The van der Waals surface area contributed by atoms with Gasteiger partial charge in [-0.25, -0.2) is 0 Å². The summed E-state index contributed by atoms with van der Waals surface area (Å²) in [5.74, 6) is -0.362. The van der Waals surface area contributed by atoms with E-state index in [1.165, 1.54) is 0 Å². The summed E-state index contributed by atoms with van der Waals surface area (Å²) < 4.78 is 6.88. The van der Waals surface area contributed by atoms with Crippen molar-refractivity contribution in [1.29, 1.82) is 0 Å². The first-order valence-electron chi connectivity index (χ1n) is 9.40. The van der Waals surface area contributed by atoms with Crippen molar-refractivity contribution >= 4 is 61.5 Å². The van der Waals surface area contributed by atoms with E-state index in [2.05, 4.69) is 50.5 Å². The Morgan fingerprint density at radius 1 is 1.17 bits per heavy atom. The molecule has 0 radical (unpaired) electrons. The lowest BCUT2D eigenvalue weighted by atomic mass is 10.1. The third kappa shape index (κ3) is 5.17. The zero-order chi connectivity index (χ0) is 21.7. The minimum absolute atomic E-state index is 0.0264. The molecule has 2 aromatic carbocycles. The van der Waals surface area contributed by atoms with Gasteiger partial charge in [0.05, 0.1) is 0 Å². The Morgan fingerprint density at radius 2 is 1.87 bits per heavy atom. The molecule has 0 saturated heterocycles. The fourth-order valence-corrected chi connectivity index (χ4v) is 3.29. The SMILES string of the molecule is CCN(CC)c1ccc2cc(C(=O)Nc3ccc(Br)cc3)c(=NNC(N)=S)oc2c1. The topological polar surface area (TPSA) is 95.9 Å². The van der Waals surface area contributed by atoms with Crippen LogP contribution in [-0.4, -0.2) is 24.1 Å². The van der Waals surface area contributed by atoms with Crippen molar-refractivity contribution in [2.75, 3.05) is 23.3 Å². The highest BCUT2D eigenvalue weighted by molar-refractivity contribution is 9.10. The number of nitrogens with zero attached hydrogens (tertiary/aromatic N) is 2. The van der Waals surface area contributed by atoms with E-state index in [1.807, 2.05) is 30.3 Å². The van der Waals surface area contributed by atoms with Crippen LogP contribution in [0.15, 0.2) is 62.5 Å². The molecule has 0 unspecified atom stereocenters. The van der Waals surface area contributed by atoms with Gasteiger partial charge in [0, 0.05) is 40.4 Å². The molecule has 1 aromatic heterocycles. The van der Waals surface area contributed by atoms with Gasteiger partial charge < -0.3 is 20.4 Å². The molecule has 0 spiro atoms. The number of carbonyl (C=O) groups is 1. The maximum absolute atomic E-state index is 12.9. The van der Waals surface area contributed by atoms with Gasteiger partial charge in [-0.05, 0) is 68.5 Å². The van der Waals surface area contributed by atoms with Crippen LogP contribution in [0.1, 0.15) is 24.2 Å². The van der Waals surface area contributed by atoms with E-state index >= 15 is 0 Å². The Balaban J connectivity index is 2.06. The van der Waals surface area contributed by atoms with E-state index in [-0.39, 0.29) is 22.1 Å². The number of thiocarbonyl (C=S) groups is 1. The Kier molecular flexibility index (Phi) is 7.07. The monoisotopic (exact) mass is 487 g/mol. The Labute approximate surface area is 188 Å². The highest BCUT2D eigenvalue weighted by Crippen LogP contribution is 2.22. The van der Waals surface area contributed by atoms with E-state index in [1.54, 1.807) is 18.2 Å². The summed E-state index contributed by atoms with van der Waals surface area (Å²) in [5.41, 5.74) is 10.6. The largest absolute Gasteiger partial charge is 0.436 e. The van der Waals surface area contributed by atoms with Gasteiger partial charge in [0.25, 0.3) is 5.91 Å². The summed E-state index contributed by atoms with van der Waals surface area (Å²) in [7, 11) is 0. The van der Waals surface area contributed by atoms with Crippen molar-refractivity contribution in [2.45, 2.75) is 13.8 Å². The molecule has 1 heterocycles. The molecule has 0 aliphatic carbocycles. The van der Waals surface area contributed by atoms with Gasteiger partial charge in [0.15, 0.2) is 5.11 Å². The summed E-state index contributed by atoms with van der Waals surface area (Å²) >= 11 is 8.20. The zero-order valence-electron chi connectivity index (χ0n) is 16.6. The molecule has 0 aliphatic heterocycles.